The van der Waals surface area contributed by atoms with Crippen LogP contribution in [0.25, 0.3) is 0 Å². The number of nitrogens with two attached hydrogens (primary N) is 1. The molecule has 3 rings (SSSR count). The summed E-state index contributed by atoms with van der Waals surface area (Å²) in [6.07, 6.45) is 0.315. The second-order valence-corrected chi connectivity index (χ2v) is 7.73. The van der Waals surface area contributed by atoms with Crippen molar-refractivity contribution in [3.05, 3.63) is 71.3 Å². The molecule has 0 saturated carbocycles. The Labute approximate surface area is 180 Å². The standard InChI is InChI=1S/C23H26N4O4/c1-14-6-5-9-16(10-14)12-17(21(24)29)25-20(28)13-19-23(31)26-18(22(30)27-19)11-15-7-3-2-4-8-15/h2-10,17-19H,11-13H2,1H3,(H2,24,29)(H,25,28)(H,26,31)(H,27,30)/t17-,18+,19+/m1/s1. The zero-order valence-electron chi connectivity index (χ0n) is 17.3. The van der Waals surface area contributed by atoms with Crippen molar-refractivity contribution >= 4 is 23.6 Å². The van der Waals surface area contributed by atoms with Crippen LogP contribution in [0, 0.1) is 6.92 Å². The Hall–Kier alpha value is -3.68. The van der Waals surface area contributed by atoms with Crippen LogP contribution in [-0.2, 0) is 32.0 Å². The number of amides is 4. The highest BCUT2D eigenvalue weighted by molar-refractivity contribution is 5.99. The summed E-state index contributed by atoms with van der Waals surface area (Å²) >= 11 is 0. The molecule has 0 unspecified atom stereocenters. The minimum Gasteiger partial charge on any atom is -0.368 e. The van der Waals surface area contributed by atoms with Crippen LogP contribution in [0.1, 0.15) is 23.1 Å². The Balaban J connectivity index is 1.56. The molecule has 0 aromatic heterocycles. The van der Waals surface area contributed by atoms with Crippen molar-refractivity contribution in [3.8, 4) is 0 Å². The first-order chi connectivity index (χ1) is 14.8. The first-order valence-electron chi connectivity index (χ1n) is 10.1. The number of primary amides is 1. The SMILES string of the molecule is Cc1cccc(C[C@@H](NC(=O)C[C@@H]2NC(=O)[C@H](Cc3ccccc3)NC2=O)C(N)=O)c1. The number of piperazine rings is 1. The fourth-order valence-electron chi connectivity index (χ4n) is 3.55. The number of rotatable bonds is 8. The largest absolute Gasteiger partial charge is 0.368 e. The lowest BCUT2D eigenvalue weighted by Crippen LogP contribution is -2.63. The van der Waals surface area contributed by atoms with Crippen LogP contribution < -0.4 is 21.7 Å². The van der Waals surface area contributed by atoms with E-state index in [0.717, 1.165) is 16.7 Å². The number of carbonyl (C=O) groups is 4. The lowest BCUT2D eigenvalue weighted by atomic mass is 10.00. The highest BCUT2D eigenvalue weighted by Gasteiger charge is 2.35. The van der Waals surface area contributed by atoms with Crippen LogP contribution in [0.2, 0.25) is 0 Å². The molecule has 31 heavy (non-hydrogen) atoms. The van der Waals surface area contributed by atoms with Crippen LogP contribution in [0.3, 0.4) is 0 Å². The fourth-order valence-corrected chi connectivity index (χ4v) is 3.55. The number of hydrogen-bond donors (Lipinski definition) is 4. The van der Waals surface area contributed by atoms with Gasteiger partial charge in [0.05, 0.1) is 6.42 Å². The number of nitrogens with one attached hydrogen (secondary N) is 3. The maximum absolute atomic E-state index is 12.5. The molecule has 2 aromatic rings. The second-order valence-electron chi connectivity index (χ2n) is 7.73. The summed E-state index contributed by atoms with van der Waals surface area (Å²) in [6, 6.07) is 14.2. The molecule has 2 aromatic carbocycles. The number of aryl methyl sites for hydroxylation is 1. The Morgan fingerprint density at radius 2 is 1.61 bits per heavy atom. The fraction of sp³-hybridized carbons (Fsp3) is 0.304. The summed E-state index contributed by atoms with van der Waals surface area (Å²) < 4.78 is 0. The summed E-state index contributed by atoms with van der Waals surface area (Å²) in [7, 11) is 0. The molecule has 0 aliphatic carbocycles. The summed E-state index contributed by atoms with van der Waals surface area (Å²) in [5.74, 6) is -2.01. The molecule has 1 saturated heterocycles. The molecule has 1 heterocycles. The smallest absolute Gasteiger partial charge is 0.243 e. The van der Waals surface area contributed by atoms with E-state index in [2.05, 4.69) is 16.0 Å². The normalized spacial score (nSPS) is 19.1. The van der Waals surface area contributed by atoms with Gasteiger partial charge in [-0.2, -0.15) is 0 Å². The molecule has 1 fully saturated rings. The summed E-state index contributed by atoms with van der Waals surface area (Å²) in [4.78, 5) is 49.1. The topological polar surface area (TPSA) is 130 Å². The summed E-state index contributed by atoms with van der Waals surface area (Å²) in [6.45, 7) is 1.93. The van der Waals surface area contributed by atoms with Crippen molar-refractivity contribution in [1.82, 2.24) is 16.0 Å². The summed E-state index contributed by atoms with van der Waals surface area (Å²) in [5, 5.41) is 7.84. The van der Waals surface area contributed by atoms with Crippen molar-refractivity contribution < 1.29 is 19.2 Å². The molecule has 0 bridgehead atoms. The van der Waals surface area contributed by atoms with Gasteiger partial charge in [-0.15, -0.1) is 0 Å². The molecule has 1 aliphatic heterocycles. The van der Waals surface area contributed by atoms with E-state index in [0.29, 0.717) is 6.42 Å². The van der Waals surface area contributed by atoms with Crippen LogP contribution in [0.5, 0.6) is 0 Å². The van der Waals surface area contributed by atoms with Crippen molar-refractivity contribution in [2.24, 2.45) is 5.73 Å². The average molecular weight is 422 g/mol. The molecule has 4 amide bonds. The highest BCUT2D eigenvalue weighted by Crippen LogP contribution is 2.10. The van der Waals surface area contributed by atoms with Gasteiger partial charge in [-0.25, -0.2) is 0 Å². The maximum Gasteiger partial charge on any atom is 0.243 e. The van der Waals surface area contributed by atoms with Crippen molar-refractivity contribution in [2.45, 2.75) is 44.3 Å². The molecule has 8 heteroatoms. The third-order valence-corrected chi connectivity index (χ3v) is 5.14. The zero-order chi connectivity index (χ0) is 22.4. The Kier molecular flexibility index (Phi) is 7.02. The molecular formula is C23H26N4O4. The third-order valence-electron chi connectivity index (χ3n) is 5.14. The van der Waals surface area contributed by atoms with Crippen molar-refractivity contribution in [1.29, 1.82) is 0 Å². The molecule has 162 valence electrons. The molecule has 0 spiro atoms. The number of benzene rings is 2. The maximum atomic E-state index is 12.5. The molecule has 5 N–H and O–H groups in total. The Bertz CT molecular complexity index is 977. The molecule has 0 radical (unpaired) electrons. The Morgan fingerprint density at radius 1 is 0.968 bits per heavy atom. The van der Waals surface area contributed by atoms with E-state index < -0.39 is 35.8 Å². The molecular weight excluding hydrogens is 396 g/mol. The second kappa shape index (κ2) is 9.88. The molecule has 1 aliphatic rings. The van der Waals surface area contributed by atoms with Crippen LogP contribution in [0.15, 0.2) is 54.6 Å². The predicted octanol–water partition coefficient (Wildman–Crippen LogP) is 0.124. The number of hydrogen-bond acceptors (Lipinski definition) is 4. The van der Waals surface area contributed by atoms with Gasteiger partial charge in [-0.3, -0.25) is 19.2 Å². The van der Waals surface area contributed by atoms with E-state index in [-0.39, 0.29) is 18.7 Å². The van der Waals surface area contributed by atoms with Gasteiger partial charge in [0.2, 0.25) is 23.6 Å². The van der Waals surface area contributed by atoms with E-state index >= 15 is 0 Å². The lowest BCUT2D eigenvalue weighted by molar-refractivity contribution is -0.138. The predicted molar refractivity (Wildman–Crippen MR) is 115 cm³/mol. The lowest BCUT2D eigenvalue weighted by Gasteiger charge is -2.29. The van der Waals surface area contributed by atoms with E-state index in [1.165, 1.54) is 0 Å². The Morgan fingerprint density at radius 3 is 2.29 bits per heavy atom. The number of carbonyl (C=O) groups excluding carboxylic acids is 4. The zero-order valence-corrected chi connectivity index (χ0v) is 17.3. The van der Waals surface area contributed by atoms with Gasteiger partial charge in [0, 0.05) is 12.8 Å². The van der Waals surface area contributed by atoms with E-state index in [9.17, 15) is 19.2 Å². The first-order valence-corrected chi connectivity index (χ1v) is 10.1. The first kappa shape index (κ1) is 22.0. The minimum atomic E-state index is -1.01. The van der Waals surface area contributed by atoms with E-state index in [1.807, 2.05) is 61.5 Å². The van der Waals surface area contributed by atoms with E-state index in [4.69, 9.17) is 5.73 Å². The van der Waals surface area contributed by atoms with Crippen molar-refractivity contribution in [3.63, 3.8) is 0 Å². The van der Waals surface area contributed by atoms with Crippen LogP contribution >= 0.6 is 0 Å². The van der Waals surface area contributed by atoms with E-state index in [1.54, 1.807) is 0 Å². The van der Waals surface area contributed by atoms with Gasteiger partial charge in [-0.05, 0) is 18.1 Å². The van der Waals surface area contributed by atoms with Crippen LogP contribution in [-0.4, -0.2) is 41.8 Å². The van der Waals surface area contributed by atoms with Gasteiger partial charge in [0.15, 0.2) is 0 Å². The quantitative estimate of drug-likeness (QED) is 0.481. The van der Waals surface area contributed by atoms with Gasteiger partial charge >= 0.3 is 0 Å². The average Bonchev–Trinajstić information content (AvgIpc) is 2.72. The molecule has 3 atom stereocenters. The van der Waals surface area contributed by atoms with Gasteiger partial charge in [0.1, 0.15) is 18.1 Å². The summed E-state index contributed by atoms with van der Waals surface area (Å²) in [5.41, 5.74) is 8.24. The van der Waals surface area contributed by atoms with Gasteiger partial charge in [-0.1, -0.05) is 60.2 Å². The monoisotopic (exact) mass is 422 g/mol. The molecule has 8 nitrogen and oxygen atoms in total. The van der Waals surface area contributed by atoms with Gasteiger partial charge < -0.3 is 21.7 Å². The third kappa shape index (κ3) is 6.15. The minimum absolute atomic E-state index is 0.241. The van der Waals surface area contributed by atoms with Crippen LogP contribution in [0.4, 0.5) is 0 Å². The highest BCUT2D eigenvalue weighted by atomic mass is 16.2. The van der Waals surface area contributed by atoms with Crippen molar-refractivity contribution in [2.75, 3.05) is 0 Å². The van der Waals surface area contributed by atoms with Gasteiger partial charge in [0.25, 0.3) is 0 Å².